The summed E-state index contributed by atoms with van der Waals surface area (Å²) in [5.41, 5.74) is 2.72. The molecule has 114 valence electrons. The van der Waals surface area contributed by atoms with Gasteiger partial charge in [-0.15, -0.1) is 0 Å². The molecular formula is C18H15N3O2. The average Bonchev–Trinajstić information content (AvgIpc) is 3.11. The molecule has 3 rings (SSSR count). The number of methoxy groups -OCH3 is 1. The molecule has 1 unspecified atom stereocenters. The summed E-state index contributed by atoms with van der Waals surface area (Å²) in [5, 5.41) is 3.97. The fourth-order valence-corrected chi connectivity index (χ4v) is 1.90. The SMILES string of the molecule is COC(C)c1nc(-c2ccc(C#Cc3ccncc3)cc2)no1. The third kappa shape index (κ3) is 3.62. The normalized spacial score (nSPS) is 11.6. The highest BCUT2D eigenvalue weighted by Gasteiger charge is 2.14. The summed E-state index contributed by atoms with van der Waals surface area (Å²) in [6.45, 7) is 1.86. The largest absolute Gasteiger partial charge is 0.372 e. The Hall–Kier alpha value is -2.97. The second-order valence-electron chi connectivity index (χ2n) is 4.90. The first-order valence-electron chi connectivity index (χ1n) is 7.15. The number of hydrogen-bond donors (Lipinski definition) is 0. The van der Waals surface area contributed by atoms with Gasteiger partial charge in [0, 0.05) is 36.2 Å². The van der Waals surface area contributed by atoms with Crippen molar-refractivity contribution >= 4 is 0 Å². The molecule has 5 nitrogen and oxygen atoms in total. The molecule has 23 heavy (non-hydrogen) atoms. The van der Waals surface area contributed by atoms with Crippen molar-refractivity contribution in [1.82, 2.24) is 15.1 Å². The Bertz CT molecular complexity index is 830. The molecule has 0 aliphatic carbocycles. The van der Waals surface area contributed by atoms with Gasteiger partial charge in [0.2, 0.25) is 5.82 Å². The molecule has 0 aliphatic heterocycles. The number of ether oxygens (including phenoxy) is 1. The first kappa shape index (κ1) is 14.9. The van der Waals surface area contributed by atoms with Crippen molar-refractivity contribution in [1.29, 1.82) is 0 Å². The van der Waals surface area contributed by atoms with Crippen LogP contribution in [0.25, 0.3) is 11.4 Å². The minimum absolute atomic E-state index is 0.221. The van der Waals surface area contributed by atoms with Crippen LogP contribution in [0.15, 0.2) is 53.3 Å². The summed E-state index contributed by atoms with van der Waals surface area (Å²) in [6.07, 6.45) is 3.23. The molecule has 2 heterocycles. The van der Waals surface area contributed by atoms with Gasteiger partial charge in [-0.3, -0.25) is 4.98 Å². The van der Waals surface area contributed by atoms with Crippen LogP contribution >= 0.6 is 0 Å². The number of nitrogens with zero attached hydrogens (tertiary/aromatic N) is 3. The Morgan fingerprint density at radius 1 is 1.00 bits per heavy atom. The minimum atomic E-state index is -0.221. The molecule has 0 amide bonds. The third-order valence-corrected chi connectivity index (χ3v) is 3.32. The second kappa shape index (κ2) is 6.86. The molecule has 0 saturated carbocycles. The van der Waals surface area contributed by atoms with Gasteiger partial charge in [-0.25, -0.2) is 0 Å². The maximum atomic E-state index is 5.19. The van der Waals surface area contributed by atoms with Crippen LogP contribution in [0.5, 0.6) is 0 Å². The van der Waals surface area contributed by atoms with Crippen LogP contribution in [-0.4, -0.2) is 22.2 Å². The van der Waals surface area contributed by atoms with E-state index >= 15 is 0 Å². The zero-order chi connectivity index (χ0) is 16.1. The minimum Gasteiger partial charge on any atom is -0.372 e. The molecule has 3 aromatic rings. The molecule has 1 atom stereocenters. The fourth-order valence-electron chi connectivity index (χ4n) is 1.90. The van der Waals surface area contributed by atoms with Gasteiger partial charge in [0.1, 0.15) is 6.10 Å². The van der Waals surface area contributed by atoms with Crippen LogP contribution in [-0.2, 0) is 4.74 Å². The van der Waals surface area contributed by atoms with Crippen LogP contribution in [0.3, 0.4) is 0 Å². The van der Waals surface area contributed by atoms with E-state index in [1.54, 1.807) is 19.5 Å². The molecule has 0 spiro atoms. The number of rotatable bonds is 3. The lowest BCUT2D eigenvalue weighted by atomic mass is 10.1. The molecule has 2 aromatic heterocycles. The number of benzene rings is 1. The first-order valence-corrected chi connectivity index (χ1v) is 7.15. The standard InChI is InChI=1S/C18H15N3O2/c1-13(22-2)18-20-17(21-23-18)16-7-5-14(6-8-16)3-4-15-9-11-19-12-10-15/h5-13H,1-2H3. The molecule has 0 bridgehead atoms. The monoisotopic (exact) mass is 305 g/mol. The van der Waals surface area contributed by atoms with E-state index in [0.29, 0.717) is 11.7 Å². The predicted octanol–water partition coefficient (Wildman–Crippen LogP) is 3.24. The Labute approximate surface area is 134 Å². The van der Waals surface area contributed by atoms with Gasteiger partial charge in [0.05, 0.1) is 0 Å². The zero-order valence-electron chi connectivity index (χ0n) is 12.9. The van der Waals surface area contributed by atoms with Crippen LogP contribution in [0.4, 0.5) is 0 Å². The lowest BCUT2D eigenvalue weighted by Gasteiger charge is -2.00. The smallest absolute Gasteiger partial charge is 0.255 e. The number of pyridine rings is 1. The summed E-state index contributed by atoms with van der Waals surface area (Å²) in [7, 11) is 1.60. The predicted molar refractivity (Wildman–Crippen MR) is 85.4 cm³/mol. The fraction of sp³-hybridized carbons (Fsp3) is 0.167. The Morgan fingerprint density at radius 3 is 2.30 bits per heavy atom. The summed E-state index contributed by atoms with van der Waals surface area (Å²) in [6, 6.07) is 11.4. The molecule has 0 radical (unpaired) electrons. The summed E-state index contributed by atoms with van der Waals surface area (Å²) < 4.78 is 10.3. The Balaban J connectivity index is 1.77. The molecule has 0 aliphatic rings. The lowest BCUT2D eigenvalue weighted by molar-refractivity contribution is 0.0886. The lowest BCUT2D eigenvalue weighted by Crippen LogP contribution is -1.95. The van der Waals surface area contributed by atoms with Crippen LogP contribution < -0.4 is 0 Å². The Morgan fingerprint density at radius 2 is 1.65 bits per heavy atom. The molecular weight excluding hydrogens is 290 g/mol. The van der Waals surface area contributed by atoms with E-state index < -0.39 is 0 Å². The van der Waals surface area contributed by atoms with E-state index in [2.05, 4.69) is 27.0 Å². The van der Waals surface area contributed by atoms with Crippen LogP contribution in [0.2, 0.25) is 0 Å². The highest BCUT2D eigenvalue weighted by atomic mass is 16.5. The van der Waals surface area contributed by atoms with E-state index in [0.717, 1.165) is 16.7 Å². The second-order valence-corrected chi connectivity index (χ2v) is 4.90. The van der Waals surface area contributed by atoms with Crippen molar-refractivity contribution < 1.29 is 9.26 Å². The maximum absolute atomic E-state index is 5.19. The van der Waals surface area contributed by atoms with Gasteiger partial charge in [0.25, 0.3) is 5.89 Å². The van der Waals surface area contributed by atoms with Crippen molar-refractivity contribution in [2.45, 2.75) is 13.0 Å². The van der Waals surface area contributed by atoms with Gasteiger partial charge in [-0.05, 0) is 43.3 Å². The zero-order valence-corrected chi connectivity index (χ0v) is 12.9. The van der Waals surface area contributed by atoms with Gasteiger partial charge in [-0.1, -0.05) is 17.0 Å². The Kier molecular flexibility index (Phi) is 4.46. The van der Waals surface area contributed by atoms with Crippen molar-refractivity contribution in [2.75, 3.05) is 7.11 Å². The third-order valence-electron chi connectivity index (χ3n) is 3.32. The average molecular weight is 305 g/mol. The summed E-state index contributed by atoms with van der Waals surface area (Å²) in [5.74, 6) is 7.20. The number of aromatic nitrogens is 3. The van der Waals surface area contributed by atoms with Crippen molar-refractivity contribution in [2.24, 2.45) is 0 Å². The molecule has 0 N–H and O–H groups in total. The van der Waals surface area contributed by atoms with Crippen molar-refractivity contribution in [3.63, 3.8) is 0 Å². The maximum Gasteiger partial charge on any atom is 0.255 e. The topological polar surface area (TPSA) is 61.0 Å². The van der Waals surface area contributed by atoms with Gasteiger partial charge in [0.15, 0.2) is 0 Å². The van der Waals surface area contributed by atoms with Gasteiger partial charge < -0.3 is 9.26 Å². The van der Waals surface area contributed by atoms with E-state index in [9.17, 15) is 0 Å². The van der Waals surface area contributed by atoms with Crippen molar-refractivity contribution in [3.05, 3.63) is 65.8 Å². The quantitative estimate of drug-likeness (QED) is 0.695. The molecule has 0 saturated heterocycles. The summed E-state index contributed by atoms with van der Waals surface area (Å²) in [4.78, 5) is 8.30. The first-order chi connectivity index (χ1) is 11.3. The van der Waals surface area contributed by atoms with E-state index in [1.807, 2.05) is 43.3 Å². The van der Waals surface area contributed by atoms with Gasteiger partial charge in [-0.2, -0.15) is 4.98 Å². The van der Waals surface area contributed by atoms with E-state index in [1.165, 1.54) is 0 Å². The molecule has 1 aromatic carbocycles. The highest BCUT2D eigenvalue weighted by molar-refractivity contribution is 5.56. The molecule has 5 heteroatoms. The van der Waals surface area contributed by atoms with Crippen molar-refractivity contribution in [3.8, 4) is 23.2 Å². The van der Waals surface area contributed by atoms with Gasteiger partial charge >= 0.3 is 0 Å². The summed E-state index contributed by atoms with van der Waals surface area (Å²) >= 11 is 0. The number of hydrogen-bond acceptors (Lipinski definition) is 5. The van der Waals surface area contributed by atoms with Crippen LogP contribution in [0, 0.1) is 11.8 Å². The van der Waals surface area contributed by atoms with E-state index in [-0.39, 0.29) is 6.10 Å². The van der Waals surface area contributed by atoms with E-state index in [4.69, 9.17) is 9.26 Å². The highest BCUT2D eigenvalue weighted by Crippen LogP contribution is 2.20. The van der Waals surface area contributed by atoms with Crippen LogP contribution in [0.1, 0.15) is 30.0 Å². The molecule has 0 fully saturated rings.